The second kappa shape index (κ2) is 77.4. The molecule has 2 unspecified atom stereocenters. The quantitative estimate of drug-likeness (QED) is 0.0222. The van der Waals surface area contributed by atoms with Crippen molar-refractivity contribution in [2.75, 3.05) is 39.6 Å². The monoisotopic (exact) mass is 1540 g/mol. The van der Waals surface area contributed by atoms with Crippen molar-refractivity contribution in [1.29, 1.82) is 0 Å². The molecule has 0 aromatic heterocycles. The van der Waals surface area contributed by atoms with Crippen LogP contribution in [0.3, 0.4) is 0 Å². The van der Waals surface area contributed by atoms with Crippen molar-refractivity contribution in [1.82, 2.24) is 0 Å². The van der Waals surface area contributed by atoms with E-state index in [1.807, 2.05) is 0 Å². The third kappa shape index (κ3) is 79.9. The van der Waals surface area contributed by atoms with E-state index in [1.165, 1.54) is 276 Å². The minimum atomic E-state index is -4.97. The summed E-state index contributed by atoms with van der Waals surface area (Å²) in [4.78, 5) is 73.2. The van der Waals surface area contributed by atoms with Gasteiger partial charge in [-0.3, -0.25) is 37.3 Å². The first-order valence-electron chi connectivity index (χ1n) is 44.5. The van der Waals surface area contributed by atoms with Crippen LogP contribution < -0.4 is 0 Å². The van der Waals surface area contributed by atoms with E-state index in [0.29, 0.717) is 25.7 Å². The van der Waals surface area contributed by atoms with Crippen molar-refractivity contribution >= 4 is 39.5 Å². The van der Waals surface area contributed by atoms with Gasteiger partial charge in [0.1, 0.15) is 19.3 Å². The molecule has 105 heavy (non-hydrogen) atoms. The summed E-state index contributed by atoms with van der Waals surface area (Å²) in [5, 5.41) is 10.7. The molecule has 0 heterocycles. The van der Waals surface area contributed by atoms with Gasteiger partial charge in [0.25, 0.3) is 0 Å². The van der Waals surface area contributed by atoms with Crippen LogP contribution in [0.5, 0.6) is 0 Å². The Morgan fingerprint density at radius 2 is 0.438 bits per heavy atom. The molecule has 0 amide bonds. The first-order chi connectivity index (χ1) is 50.9. The van der Waals surface area contributed by atoms with Crippen LogP contribution in [0.4, 0.5) is 0 Å². The molecule has 0 saturated heterocycles. The van der Waals surface area contributed by atoms with E-state index in [4.69, 9.17) is 37.0 Å². The summed E-state index contributed by atoms with van der Waals surface area (Å²) in [6.45, 7) is 9.72. The second-order valence-corrected chi connectivity index (χ2v) is 34.8. The molecule has 17 nitrogen and oxygen atoms in total. The highest BCUT2D eigenvalue weighted by Gasteiger charge is 2.30. The molecule has 0 aromatic rings. The van der Waals surface area contributed by atoms with Crippen LogP contribution >= 0.6 is 15.6 Å². The fraction of sp³-hybridized carbons (Fsp3) is 0.953. The van der Waals surface area contributed by atoms with Crippen molar-refractivity contribution in [2.45, 2.75) is 477 Å². The lowest BCUT2D eigenvalue weighted by Crippen LogP contribution is -2.30. The van der Waals surface area contributed by atoms with Crippen LogP contribution in [0, 0.1) is 11.8 Å². The third-order valence-electron chi connectivity index (χ3n) is 20.2. The maximum atomic E-state index is 13.1. The van der Waals surface area contributed by atoms with Crippen LogP contribution in [0.15, 0.2) is 0 Å². The van der Waals surface area contributed by atoms with Crippen molar-refractivity contribution in [3.8, 4) is 0 Å². The van der Waals surface area contributed by atoms with Crippen LogP contribution in [0.2, 0.25) is 0 Å². The average molecular weight is 1540 g/mol. The minimum Gasteiger partial charge on any atom is -0.462 e. The Hall–Kier alpha value is -1.94. The van der Waals surface area contributed by atoms with E-state index in [9.17, 15) is 43.2 Å². The van der Waals surface area contributed by atoms with Gasteiger partial charge in [0.2, 0.25) is 0 Å². The average Bonchev–Trinajstić information content (AvgIpc) is 0.916. The van der Waals surface area contributed by atoms with Crippen LogP contribution in [0.1, 0.15) is 459 Å². The van der Waals surface area contributed by atoms with Gasteiger partial charge in [0.05, 0.1) is 26.4 Å². The number of phosphoric ester groups is 2. The number of aliphatic hydroxyl groups is 1. The molecule has 5 atom stereocenters. The maximum Gasteiger partial charge on any atom is 0.472 e. The number of carbonyl (C=O) groups is 4. The number of carbonyl (C=O) groups excluding carboxylic acids is 4. The molecular weight excluding hydrogens is 1370 g/mol. The smallest absolute Gasteiger partial charge is 0.462 e. The Kier molecular flexibility index (Phi) is 76.0. The van der Waals surface area contributed by atoms with Gasteiger partial charge in [-0.1, -0.05) is 408 Å². The number of ether oxygens (including phenoxy) is 4. The molecule has 0 aliphatic rings. The van der Waals surface area contributed by atoms with Crippen LogP contribution in [-0.4, -0.2) is 96.7 Å². The van der Waals surface area contributed by atoms with Gasteiger partial charge < -0.3 is 33.8 Å². The van der Waals surface area contributed by atoms with Crippen LogP contribution in [0.25, 0.3) is 0 Å². The Labute approximate surface area is 645 Å². The molecule has 0 spiro atoms. The molecule has 0 bridgehead atoms. The van der Waals surface area contributed by atoms with Gasteiger partial charge in [-0.15, -0.1) is 0 Å². The molecule has 0 saturated carbocycles. The number of esters is 4. The molecule has 0 radical (unpaired) electrons. The summed E-state index contributed by atoms with van der Waals surface area (Å²) in [6.07, 6.45) is 69.4. The number of phosphoric acid groups is 2. The summed E-state index contributed by atoms with van der Waals surface area (Å²) < 4.78 is 68.9. The normalized spacial score (nSPS) is 13.8. The highest BCUT2D eigenvalue weighted by Crippen LogP contribution is 2.45. The first-order valence-corrected chi connectivity index (χ1v) is 47.5. The number of unbranched alkanes of at least 4 members (excludes halogenated alkanes) is 55. The topological polar surface area (TPSA) is 237 Å². The minimum absolute atomic E-state index is 0.108. The maximum absolute atomic E-state index is 13.1. The Morgan fingerprint density at radius 1 is 0.257 bits per heavy atom. The molecule has 0 fully saturated rings. The van der Waals surface area contributed by atoms with E-state index in [1.54, 1.807) is 0 Å². The van der Waals surface area contributed by atoms with Crippen molar-refractivity contribution in [3.63, 3.8) is 0 Å². The van der Waals surface area contributed by atoms with Gasteiger partial charge in [0.15, 0.2) is 12.2 Å². The lowest BCUT2D eigenvalue weighted by atomic mass is 10.0. The summed E-state index contributed by atoms with van der Waals surface area (Å²) in [5.74, 6) is -0.492. The zero-order valence-electron chi connectivity index (χ0n) is 69.0. The van der Waals surface area contributed by atoms with E-state index in [0.717, 1.165) is 102 Å². The summed E-state index contributed by atoms with van der Waals surface area (Å²) in [6, 6.07) is 0. The predicted molar refractivity (Wildman–Crippen MR) is 432 cm³/mol. The molecule has 0 rings (SSSR count). The molecule has 0 aromatic carbocycles. The molecule has 0 aliphatic carbocycles. The van der Waals surface area contributed by atoms with Crippen molar-refractivity contribution in [2.24, 2.45) is 11.8 Å². The van der Waals surface area contributed by atoms with Crippen molar-refractivity contribution in [3.05, 3.63) is 0 Å². The lowest BCUT2D eigenvalue weighted by molar-refractivity contribution is -0.161. The van der Waals surface area contributed by atoms with Gasteiger partial charge in [-0.05, 0) is 37.5 Å². The van der Waals surface area contributed by atoms with Gasteiger partial charge >= 0.3 is 39.5 Å². The largest absolute Gasteiger partial charge is 0.472 e. The Balaban J connectivity index is 5.23. The van der Waals surface area contributed by atoms with E-state index < -0.39 is 97.5 Å². The Morgan fingerprint density at radius 3 is 0.648 bits per heavy atom. The van der Waals surface area contributed by atoms with Crippen LogP contribution in [-0.2, 0) is 65.4 Å². The highest BCUT2D eigenvalue weighted by molar-refractivity contribution is 7.47. The number of rotatable bonds is 85. The first kappa shape index (κ1) is 103. The lowest BCUT2D eigenvalue weighted by Gasteiger charge is -2.21. The van der Waals surface area contributed by atoms with Gasteiger partial charge in [-0.2, -0.15) is 0 Å². The molecule has 3 N–H and O–H groups in total. The summed E-state index contributed by atoms with van der Waals surface area (Å²) in [7, 11) is -9.93. The number of hydrogen-bond acceptors (Lipinski definition) is 15. The third-order valence-corrected chi connectivity index (χ3v) is 22.1. The molecule has 624 valence electrons. The SMILES string of the molecule is CCCCCCCCCCCCCCCCCCCCCC(=O)O[C@H](COC(=O)CCCCCCCCCCCCCCCCCC(C)C)COP(=O)(O)OC[C@@H](O)COP(=O)(O)OC[C@@H](COC(=O)CCCCCCCCCCCC)OC(=O)CCCCCCCCCCCCCCCCCC(C)C. The Bertz CT molecular complexity index is 2010. The van der Waals surface area contributed by atoms with Gasteiger partial charge in [-0.25, -0.2) is 9.13 Å². The number of aliphatic hydroxyl groups excluding tert-OH is 1. The summed E-state index contributed by atoms with van der Waals surface area (Å²) in [5.41, 5.74) is 0. The molecule has 19 heteroatoms. The van der Waals surface area contributed by atoms with Crippen molar-refractivity contribution < 1.29 is 80.2 Å². The van der Waals surface area contributed by atoms with E-state index in [2.05, 4.69) is 41.5 Å². The zero-order chi connectivity index (χ0) is 77.1. The van der Waals surface area contributed by atoms with E-state index in [-0.39, 0.29) is 25.7 Å². The van der Waals surface area contributed by atoms with E-state index >= 15 is 0 Å². The fourth-order valence-corrected chi connectivity index (χ4v) is 15.0. The highest BCUT2D eigenvalue weighted by atomic mass is 31.2. The second-order valence-electron chi connectivity index (χ2n) is 31.9. The number of hydrogen-bond donors (Lipinski definition) is 3. The molecular formula is C86H168O17P2. The predicted octanol–water partition coefficient (Wildman–Crippen LogP) is 26.2. The fourth-order valence-electron chi connectivity index (χ4n) is 13.4. The van der Waals surface area contributed by atoms with Gasteiger partial charge in [0, 0.05) is 25.7 Å². The zero-order valence-corrected chi connectivity index (χ0v) is 70.8. The summed E-state index contributed by atoms with van der Waals surface area (Å²) >= 11 is 0. The molecule has 0 aliphatic heterocycles. The standard InChI is InChI=1S/C86H168O17P2/c1-7-9-11-13-15-17-19-20-21-22-23-24-29-35-40-46-52-58-64-70-86(91)103-82(75-97-84(89)69-63-57-51-45-39-34-30-25-27-32-37-42-48-54-60-66-78(3)4)77-101-105(94,95)99-73-80(87)72-98-104(92,93)100-76-81(74-96-83(88)68-62-56-50-44-18-16-14-12-10-8-2)102-85(90)71-65-59-53-47-41-36-31-26-28-33-38-43-49-55-61-67-79(5)6/h78-82,87H,7-77H2,1-6H3,(H,92,93)(H,94,95)/t80-,81+,82+/m0/s1.